The Morgan fingerprint density at radius 3 is 2.10 bits per heavy atom. The molecule has 0 atom stereocenters. The number of nitrogens with zero attached hydrogens (tertiary/aromatic N) is 2. The van der Waals surface area contributed by atoms with Crippen LogP contribution in [-0.2, 0) is 12.0 Å². The predicted molar refractivity (Wildman–Crippen MR) is 141 cm³/mol. The number of hydrogen-bond donors (Lipinski definition) is 2. The van der Waals surface area contributed by atoms with E-state index in [1.165, 1.54) is 5.56 Å². The van der Waals surface area contributed by atoms with Gasteiger partial charge >= 0.3 is 0 Å². The molecule has 170 valence electrons. The maximum absolute atomic E-state index is 12.4. The normalized spacial score (nSPS) is 11.5. The zero-order chi connectivity index (χ0) is 22.0. The quantitative estimate of drug-likeness (QED) is 0.275. The van der Waals surface area contributed by atoms with Crippen LogP contribution >= 0.6 is 24.0 Å². The first kappa shape index (κ1) is 26.9. The molecular weight excluding hydrogens is 499 g/mol. The second-order valence-electron chi connectivity index (χ2n) is 7.97. The zero-order valence-corrected chi connectivity index (χ0v) is 21.8. The van der Waals surface area contributed by atoms with E-state index in [0.717, 1.165) is 43.3 Å². The minimum Gasteiger partial charge on any atom is -0.357 e. The molecule has 0 unspecified atom stereocenters. The number of nitrogens with one attached hydrogen (secondary N) is 2. The summed E-state index contributed by atoms with van der Waals surface area (Å²) in [6.07, 6.45) is 0. The van der Waals surface area contributed by atoms with Gasteiger partial charge in [0.25, 0.3) is 5.91 Å². The van der Waals surface area contributed by atoms with Crippen LogP contribution in [0, 0.1) is 0 Å². The average molecular weight is 537 g/mol. The third kappa shape index (κ3) is 8.16. The second-order valence-corrected chi connectivity index (χ2v) is 7.97. The molecular formula is C25H37IN4O. The molecule has 2 aromatic carbocycles. The number of carbonyl (C=O) groups excluding carboxylic acids is 1. The van der Waals surface area contributed by atoms with Gasteiger partial charge in [-0.05, 0) is 44.0 Å². The van der Waals surface area contributed by atoms with E-state index >= 15 is 0 Å². The molecule has 0 fully saturated rings. The van der Waals surface area contributed by atoms with E-state index in [-0.39, 0.29) is 35.3 Å². The van der Waals surface area contributed by atoms with Crippen LogP contribution in [0.5, 0.6) is 0 Å². The summed E-state index contributed by atoms with van der Waals surface area (Å²) in [5.41, 5.74) is 3.08. The molecule has 2 N–H and O–H groups in total. The van der Waals surface area contributed by atoms with Crippen molar-refractivity contribution >= 4 is 35.8 Å². The highest BCUT2D eigenvalue weighted by Gasteiger charge is 2.20. The number of carbonyl (C=O) groups is 1. The Hall–Kier alpha value is -2.09. The highest BCUT2D eigenvalue weighted by molar-refractivity contribution is 14.0. The van der Waals surface area contributed by atoms with Crippen molar-refractivity contribution in [3.63, 3.8) is 0 Å². The van der Waals surface area contributed by atoms with Crippen LogP contribution in [0.15, 0.2) is 59.6 Å². The Morgan fingerprint density at radius 2 is 1.55 bits per heavy atom. The summed E-state index contributed by atoms with van der Waals surface area (Å²) in [6, 6.07) is 18.3. The topological polar surface area (TPSA) is 56.7 Å². The molecule has 0 aliphatic carbocycles. The molecule has 0 saturated carbocycles. The minimum absolute atomic E-state index is 0. The Labute approximate surface area is 204 Å². The van der Waals surface area contributed by atoms with Crippen molar-refractivity contribution < 1.29 is 4.79 Å². The fourth-order valence-electron chi connectivity index (χ4n) is 3.25. The zero-order valence-electron chi connectivity index (χ0n) is 19.4. The van der Waals surface area contributed by atoms with E-state index in [2.05, 4.69) is 55.7 Å². The van der Waals surface area contributed by atoms with Gasteiger partial charge in [-0.15, -0.1) is 24.0 Å². The van der Waals surface area contributed by atoms with Gasteiger partial charge in [0, 0.05) is 37.2 Å². The van der Waals surface area contributed by atoms with Crippen LogP contribution in [0.3, 0.4) is 0 Å². The van der Waals surface area contributed by atoms with Crippen molar-refractivity contribution in [1.29, 1.82) is 0 Å². The summed E-state index contributed by atoms with van der Waals surface area (Å²) in [5.74, 6) is 0.873. The maximum Gasteiger partial charge on any atom is 0.253 e. The van der Waals surface area contributed by atoms with E-state index < -0.39 is 0 Å². The average Bonchev–Trinajstić information content (AvgIpc) is 2.77. The fraction of sp³-hybridized carbons (Fsp3) is 0.440. The van der Waals surface area contributed by atoms with Crippen molar-refractivity contribution in [2.75, 3.05) is 26.2 Å². The summed E-state index contributed by atoms with van der Waals surface area (Å²) < 4.78 is 0. The lowest BCUT2D eigenvalue weighted by Crippen LogP contribution is -2.43. The molecule has 5 nitrogen and oxygen atoms in total. The van der Waals surface area contributed by atoms with Crippen molar-refractivity contribution in [2.24, 2.45) is 4.99 Å². The van der Waals surface area contributed by atoms with Crippen molar-refractivity contribution in [3.05, 3.63) is 71.3 Å². The standard InChI is InChI=1S/C25H36N4O.HI/c1-6-26-24(28-19-25(4,5)22-12-10-9-11-13-22)27-18-20-14-16-21(17-15-20)23(30)29(7-2)8-3;/h9-17H,6-8,18-19H2,1-5H3,(H2,26,27,28);1H. The van der Waals surface area contributed by atoms with Crippen molar-refractivity contribution in [3.8, 4) is 0 Å². The van der Waals surface area contributed by atoms with Crippen LogP contribution in [0.25, 0.3) is 0 Å². The van der Waals surface area contributed by atoms with Crippen LogP contribution < -0.4 is 10.6 Å². The molecule has 0 heterocycles. The molecule has 0 bridgehead atoms. The lowest BCUT2D eigenvalue weighted by atomic mass is 9.85. The number of amides is 1. The monoisotopic (exact) mass is 536 g/mol. The van der Waals surface area contributed by atoms with Gasteiger partial charge in [-0.1, -0.05) is 56.3 Å². The van der Waals surface area contributed by atoms with E-state index in [1.54, 1.807) is 0 Å². The number of benzene rings is 2. The van der Waals surface area contributed by atoms with Crippen LogP contribution in [0.1, 0.15) is 56.1 Å². The van der Waals surface area contributed by atoms with Crippen LogP contribution in [0.4, 0.5) is 0 Å². The van der Waals surface area contributed by atoms with Gasteiger partial charge in [0.05, 0.1) is 6.54 Å². The van der Waals surface area contributed by atoms with Gasteiger partial charge in [0.15, 0.2) is 5.96 Å². The molecule has 1 amide bonds. The lowest BCUT2D eigenvalue weighted by Gasteiger charge is -2.26. The molecule has 0 radical (unpaired) electrons. The Kier molecular flexibility index (Phi) is 11.6. The summed E-state index contributed by atoms with van der Waals surface area (Å²) in [7, 11) is 0. The molecule has 31 heavy (non-hydrogen) atoms. The first-order valence-corrected chi connectivity index (χ1v) is 10.9. The number of hydrogen-bond acceptors (Lipinski definition) is 2. The molecule has 0 saturated heterocycles. The molecule has 0 spiro atoms. The summed E-state index contributed by atoms with van der Waals surface area (Å²) in [5, 5.41) is 6.78. The highest BCUT2D eigenvalue weighted by atomic mass is 127. The maximum atomic E-state index is 12.4. The summed E-state index contributed by atoms with van der Waals surface area (Å²) in [6.45, 7) is 14.1. The van der Waals surface area contributed by atoms with E-state index in [9.17, 15) is 4.79 Å². The highest BCUT2D eigenvalue weighted by Crippen LogP contribution is 2.21. The first-order chi connectivity index (χ1) is 14.4. The van der Waals surface area contributed by atoms with E-state index in [1.807, 2.05) is 49.1 Å². The Morgan fingerprint density at radius 1 is 0.935 bits per heavy atom. The third-order valence-corrected chi connectivity index (χ3v) is 5.27. The van der Waals surface area contributed by atoms with Crippen molar-refractivity contribution in [2.45, 2.75) is 46.6 Å². The largest absolute Gasteiger partial charge is 0.357 e. The van der Waals surface area contributed by atoms with E-state index in [0.29, 0.717) is 6.54 Å². The van der Waals surface area contributed by atoms with Crippen LogP contribution in [0.2, 0.25) is 0 Å². The van der Waals surface area contributed by atoms with Gasteiger partial charge in [-0.3, -0.25) is 4.79 Å². The number of rotatable bonds is 9. The SMILES string of the molecule is CCNC(=NCc1ccc(C(=O)N(CC)CC)cc1)NCC(C)(C)c1ccccc1.I. The van der Waals surface area contributed by atoms with Gasteiger partial charge in [0.1, 0.15) is 0 Å². The first-order valence-electron chi connectivity index (χ1n) is 10.9. The number of halogens is 1. The molecule has 2 rings (SSSR count). The summed E-state index contributed by atoms with van der Waals surface area (Å²) in [4.78, 5) is 19.0. The third-order valence-electron chi connectivity index (χ3n) is 5.27. The Bertz CT molecular complexity index is 815. The van der Waals surface area contributed by atoms with Gasteiger partial charge in [0.2, 0.25) is 0 Å². The predicted octanol–water partition coefficient (Wildman–Crippen LogP) is 4.82. The van der Waals surface area contributed by atoms with Gasteiger partial charge in [-0.2, -0.15) is 0 Å². The van der Waals surface area contributed by atoms with Crippen LogP contribution in [-0.4, -0.2) is 42.9 Å². The minimum atomic E-state index is -0.0100. The molecule has 0 aliphatic heterocycles. The van der Waals surface area contributed by atoms with E-state index in [4.69, 9.17) is 4.99 Å². The molecule has 2 aromatic rings. The number of guanidine groups is 1. The number of aliphatic imine (C=N–C) groups is 1. The summed E-state index contributed by atoms with van der Waals surface area (Å²) >= 11 is 0. The Balaban J connectivity index is 0.00000480. The molecule has 0 aliphatic rings. The molecule has 0 aromatic heterocycles. The second kappa shape index (κ2) is 13.3. The smallest absolute Gasteiger partial charge is 0.253 e. The van der Waals surface area contributed by atoms with Gasteiger partial charge < -0.3 is 15.5 Å². The lowest BCUT2D eigenvalue weighted by molar-refractivity contribution is 0.0773. The van der Waals surface area contributed by atoms with Crippen molar-refractivity contribution in [1.82, 2.24) is 15.5 Å². The van der Waals surface area contributed by atoms with Gasteiger partial charge in [-0.25, -0.2) is 4.99 Å². The molecule has 6 heteroatoms. The fourth-order valence-corrected chi connectivity index (χ4v) is 3.25.